The molecule has 4 rings (SSSR count). The van der Waals surface area contributed by atoms with Gasteiger partial charge >= 0.3 is 0 Å². The van der Waals surface area contributed by atoms with E-state index < -0.39 is 6.10 Å². The number of nitrogens with zero attached hydrogens (tertiary/aromatic N) is 4. The number of aromatic amines is 1. The third-order valence-corrected chi connectivity index (χ3v) is 5.57. The van der Waals surface area contributed by atoms with E-state index in [0.717, 1.165) is 41.1 Å². The number of halogens is 1. The third-order valence-electron chi connectivity index (χ3n) is 5.32. The number of carbonyl (C=O) groups excluding carboxylic acids is 1. The second kappa shape index (κ2) is 8.31. The molecule has 0 spiro atoms. The van der Waals surface area contributed by atoms with Gasteiger partial charge in [-0.1, -0.05) is 23.7 Å². The van der Waals surface area contributed by atoms with Crippen LogP contribution in [0.4, 0.5) is 0 Å². The van der Waals surface area contributed by atoms with Crippen LogP contribution in [0.5, 0.6) is 0 Å². The van der Waals surface area contributed by atoms with Gasteiger partial charge in [0.2, 0.25) is 0 Å². The zero-order chi connectivity index (χ0) is 20.4. The molecule has 7 nitrogen and oxygen atoms in total. The molecule has 2 N–H and O–H groups in total. The van der Waals surface area contributed by atoms with Crippen LogP contribution >= 0.6 is 11.6 Å². The monoisotopic (exact) mass is 411 g/mol. The zero-order valence-corrected chi connectivity index (χ0v) is 16.8. The summed E-state index contributed by atoms with van der Waals surface area (Å²) in [6, 6.07) is 9.44. The molecule has 0 radical (unpaired) electrons. The number of amides is 1. The first kappa shape index (κ1) is 19.5. The molecule has 1 amide bonds. The van der Waals surface area contributed by atoms with Gasteiger partial charge in [-0.15, -0.1) is 0 Å². The molecule has 0 saturated carbocycles. The van der Waals surface area contributed by atoms with Crippen LogP contribution in [0.3, 0.4) is 0 Å². The molecule has 1 aliphatic heterocycles. The van der Waals surface area contributed by atoms with Crippen LogP contribution in [0, 0.1) is 0 Å². The third kappa shape index (κ3) is 4.02. The van der Waals surface area contributed by atoms with Gasteiger partial charge in [0.05, 0.1) is 5.69 Å². The predicted octanol–water partition coefficient (Wildman–Crippen LogP) is 3.27. The van der Waals surface area contributed by atoms with Gasteiger partial charge < -0.3 is 10.0 Å². The van der Waals surface area contributed by atoms with Crippen molar-refractivity contribution in [1.29, 1.82) is 0 Å². The van der Waals surface area contributed by atoms with Crippen molar-refractivity contribution in [3.63, 3.8) is 0 Å². The molecule has 1 fully saturated rings. The van der Waals surface area contributed by atoms with Crippen LogP contribution in [0.2, 0.25) is 5.02 Å². The van der Waals surface area contributed by atoms with Crippen molar-refractivity contribution < 1.29 is 9.90 Å². The second-order valence-electron chi connectivity index (χ2n) is 7.24. The lowest BCUT2D eigenvalue weighted by Gasteiger charge is -2.32. The largest absolute Gasteiger partial charge is 0.384 e. The van der Waals surface area contributed by atoms with Crippen LogP contribution < -0.4 is 0 Å². The molecule has 1 aliphatic rings. The lowest BCUT2D eigenvalue weighted by Crippen LogP contribution is -2.42. The van der Waals surface area contributed by atoms with Crippen molar-refractivity contribution in [3.05, 3.63) is 53.6 Å². The SMILES string of the molecule is C[C@H](O)C(=O)N1CCC(c2[nH]nc(-c3ccc(Cl)cc3)c2-c2ccncn2)CC1. The first-order valence-corrected chi connectivity index (χ1v) is 10.00. The van der Waals surface area contributed by atoms with E-state index in [0.29, 0.717) is 18.1 Å². The van der Waals surface area contributed by atoms with Crippen molar-refractivity contribution >= 4 is 17.5 Å². The molecule has 0 bridgehead atoms. The number of rotatable bonds is 4. The van der Waals surface area contributed by atoms with Crippen LogP contribution in [0.15, 0.2) is 42.9 Å². The average molecular weight is 412 g/mol. The number of carbonyl (C=O) groups is 1. The van der Waals surface area contributed by atoms with Gasteiger partial charge in [-0.25, -0.2) is 9.97 Å². The number of H-pyrrole nitrogens is 1. The minimum atomic E-state index is -0.966. The maximum absolute atomic E-state index is 12.1. The molecule has 0 aliphatic carbocycles. The Labute approximate surface area is 173 Å². The number of hydrogen-bond donors (Lipinski definition) is 2. The Kier molecular flexibility index (Phi) is 5.60. The number of benzene rings is 1. The maximum Gasteiger partial charge on any atom is 0.251 e. The summed E-state index contributed by atoms with van der Waals surface area (Å²) in [7, 11) is 0. The highest BCUT2D eigenvalue weighted by Crippen LogP contribution is 2.39. The van der Waals surface area contributed by atoms with Crippen molar-refractivity contribution in [1.82, 2.24) is 25.1 Å². The summed E-state index contributed by atoms with van der Waals surface area (Å²) in [6.45, 7) is 2.72. The number of aromatic nitrogens is 4. The summed E-state index contributed by atoms with van der Waals surface area (Å²) >= 11 is 6.05. The van der Waals surface area contributed by atoms with Gasteiger partial charge in [-0.3, -0.25) is 9.89 Å². The van der Waals surface area contributed by atoms with Gasteiger partial charge in [0.15, 0.2) is 0 Å². The van der Waals surface area contributed by atoms with Crippen molar-refractivity contribution in [2.24, 2.45) is 0 Å². The zero-order valence-electron chi connectivity index (χ0n) is 16.0. The smallest absolute Gasteiger partial charge is 0.251 e. The molecule has 29 heavy (non-hydrogen) atoms. The van der Waals surface area contributed by atoms with Crippen LogP contribution in [0.25, 0.3) is 22.5 Å². The minimum Gasteiger partial charge on any atom is -0.384 e. The highest BCUT2D eigenvalue weighted by Gasteiger charge is 2.30. The number of piperidine rings is 1. The second-order valence-corrected chi connectivity index (χ2v) is 7.67. The standard InChI is InChI=1S/C21H22ClN5O2/c1-13(28)21(29)27-10-7-15(8-11-27)20-18(17-6-9-23-12-24-17)19(25-26-20)14-2-4-16(22)5-3-14/h2-6,9,12-13,15,28H,7-8,10-11H2,1H3,(H,25,26)/t13-/m0/s1. The number of aliphatic hydroxyl groups is 1. The van der Waals surface area contributed by atoms with Gasteiger partial charge in [0, 0.05) is 47.0 Å². The Bertz CT molecular complexity index is 980. The molecule has 1 saturated heterocycles. The van der Waals surface area contributed by atoms with Crippen LogP contribution in [0.1, 0.15) is 31.4 Å². The summed E-state index contributed by atoms with van der Waals surface area (Å²) in [5, 5.41) is 18.1. The van der Waals surface area contributed by atoms with E-state index in [4.69, 9.17) is 11.6 Å². The van der Waals surface area contributed by atoms with Gasteiger partial charge in [-0.2, -0.15) is 5.10 Å². The molecular weight excluding hydrogens is 390 g/mol. The van der Waals surface area contributed by atoms with Crippen molar-refractivity contribution in [3.8, 4) is 22.5 Å². The Morgan fingerprint density at radius 2 is 1.97 bits per heavy atom. The van der Waals surface area contributed by atoms with E-state index in [9.17, 15) is 9.90 Å². The first-order valence-electron chi connectivity index (χ1n) is 9.62. The minimum absolute atomic E-state index is 0.214. The fraction of sp³-hybridized carbons (Fsp3) is 0.333. The predicted molar refractivity (Wildman–Crippen MR) is 110 cm³/mol. The quantitative estimate of drug-likeness (QED) is 0.687. The molecule has 8 heteroatoms. The number of hydrogen-bond acceptors (Lipinski definition) is 5. The lowest BCUT2D eigenvalue weighted by molar-refractivity contribution is -0.140. The fourth-order valence-corrected chi connectivity index (χ4v) is 3.94. The highest BCUT2D eigenvalue weighted by atomic mass is 35.5. The summed E-state index contributed by atoms with van der Waals surface area (Å²) < 4.78 is 0. The number of nitrogens with one attached hydrogen (secondary N) is 1. The Morgan fingerprint density at radius 3 is 2.59 bits per heavy atom. The summed E-state index contributed by atoms with van der Waals surface area (Å²) in [5.74, 6) is -0.00231. The number of aliphatic hydroxyl groups excluding tert-OH is 1. The fourth-order valence-electron chi connectivity index (χ4n) is 3.82. The molecule has 150 valence electrons. The van der Waals surface area contributed by atoms with Gasteiger partial charge in [0.1, 0.15) is 18.1 Å². The van der Waals surface area contributed by atoms with E-state index in [-0.39, 0.29) is 11.8 Å². The lowest BCUT2D eigenvalue weighted by atomic mass is 9.88. The Morgan fingerprint density at radius 1 is 1.24 bits per heavy atom. The molecule has 3 aromatic rings. The molecule has 3 heterocycles. The average Bonchev–Trinajstić information content (AvgIpc) is 3.19. The van der Waals surface area contributed by atoms with Crippen LogP contribution in [-0.4, -0.2) is 55.3 Å². The molecular formula is C21H22ClN5O2. The van der Waals surface area contributed by atoms with E-state index in [1.165, 1.54) is 13.3 Å². The van der Waals surface area contributed by atoms with E-state index >= 15 is 0 Å². The molecule has 0 unspecified atom stereocenters. The Balaban J connectivity index is 1.68. The molecule has 2 aromatic heterocycles. The van der Waals surface area contributed by atoms with Crippen molar-refractivity contribution in [2.75, 3.05) is 13.1 Å². The summed E-state index contributed by atoms with van der Waals surface area (Å²) in [5.41, 5.74) is 4.54. The number of likely N-dealkylation sites (tertiary alicyclic amines) is 1. The summed E-state index contributed by atoms with van der Waals surface area (Å²) in [6.07, 6.45) is 3.86. The Hall–Kier alpha value is -2.77. The van der Waals surface area contributed by atoms with E-state index in [2.05, 4.69) is 20.2 Å². The summed E-state index contributed by atoms with van der Waals surface area (Å²) in [4.78, 5) is 22.3. The topological polar surface area (TPSA) is 95.0 Å². The van der Waals surface area contributed by atoms with Gasteiger partial charge in [0.25, 0.3) is 5.91 Å². The van der Waals surface area contributed by atoms with Crippen molar-refractivity contribution in [2.45, 2.75) is 31.8 Å². The normalized spacial score (nSPS) is 16.0. The highest BCUT2D eigenvalue weighted by molar-refractivity contribution is 6.30. The van der Waals surface area contributed by atoms with E-state index in [1.807, 2.05) is 30.3 Å². The first-order chi connectivity index (χ1) is 14.0. The molecule has 1 aromatic carbocycles. The van der Waals surface area contributed by atoms with Gasteiger partial charge in [-0.05, 0) is 38.0 Å². The molecule has 1 atom stereocenters. The van der Waals surface area contributed by atoms with Crippen LogP contribution in [-0.2, 0) is 4.79 Å². The van der Waals surface area contributed by atoms with E-state index in [1.54, 1.807) is 11.1 Å². The maximum atomic E-state index is 12.1.